The van der Waals surface area contributed by atoms with Crippen LogP contribution in [-0.4, -0.2) is 29.9 Å². The molecule has 1 amide bonds. The Morgan fingerprint density at radius 1 is 0.957 bits per heavy atom. The zero-order valence-electron chi connectivity index (χ0n) is 13.9. The van der Waals surface area contributed by atoms with E-state index in [1.54, 1.807) is 58.0 Å². The summed E-state index contributed by atoms with van der Waals surface area (Å²) in [5.41, 5.74) is 6.09. The lowest BCUT2D eigenvalue weighted by atomic mass is 10.0. The third kappa shape index (κ3) is 5.49. The van der Waals surface area contributed by atoms with Gasteiger partial charge in [-0.3, -0.25) is 4.79 Å². The van der Waals surface area contributed by atoms with Crippen molar-refractivity contribution >= 4 is 17.8 Å². The van der Waals surface area contributed by atoms with Gasteiger partial charge in [-0.25, -0.2) is 9.59 Å². The number of hydrogen-bond acceptors (Lipinski definition) is 5. The first-order valence-electron chi connectivity index (χ1n) is 7.61. The Kier molecular flexibility index (Phi) is 6.90. The molecule has 1 aromatic carbocycles. The second-order valence-electron chi connectivity index (χ2n) is 6.07. The molecule has 126 valence electrons. The Morgan fingerprint density at radius 3 is 2.00 bits per heavy atom. The van der Waals surface area contributed by atoms with E-state index in [0.717, 1.165) is 0 Å². The van der Waals surface area contributed by atoms with Crippen molar-refractivity contribution in [2.75, 3.05) is 0 Å². The molecule has 1 aromatic rings. The molecule has 0 heterocycles. The van der Waals surface area contributed by atoms with Crippen LogP contribution in [-0.2, 0) is 14.3 Å². The highest BCUT2D eigenvalue weighted by molar-refractivity contribution is 5.98. The number of benzene rings is 1. The topological polar surface area (TPSA) is 98.5 Å². The van der Waals surface area contributed by atoms with E-state index < -0.39 is 29.9 Å². The Labute approximate surface area is 136 Å². The molecule has 0 aliphatic rings. The molecular weight excluding hydrogens is 296 g/mol. The molecule has 0 radical (unpaired) electrons. The normalized spacial score (nSPS) is 13.5. The smallest absolute Gasteiger partial charge is 0.336 e. The van der Waals surface area contributed by atoms with Crippen LogP contribution in [0.5, 0.6) is 0 Å². The zero-order valence-corrected chi connectivity index (χ0v) is 13.9. The molecule has 3 N–H and O–H groups in total. The molecule has 0 fully saturated rings. The molecule has 6 heteroatoms. The van der Waals surface area contributed by atoms with Crippen LogP contribution in [0.2, 0.25) is 0 Å². The highest BCUT2D eigenvalue weighted by Gasteiger charge is 2.30. The maximum atomic E-state index is 12.2. The van der Waals surface area contributed by atoms with Crippen molar-refractivity contribution in [3.63, 3.8) is 0 Å². The monoisotopic (exact) mass is 320 g/mol. The third-order valence-electron chi connectivity index (χ3n) is 3.43. The second kappa shape index (κ2) is 8.43. The summed E-state index contributed by atoms with van der Waals surface area (Å²) in [5.74, 6) is -2.37. The second-order valence-corrected chi connectivity index (χ2v) is 6.07. The number of nitrogens with two attached hydrogens (primary N) is 1. The van der Waals surface area contributed by atoms with Gasteiger partial charge >= 0.3 is 11.9 Å². The largest absolute Gasteiger partial charge is 0.390 e. The highest BCUT2D eigenvalue weighted by Crippen LogP contribution is 2.09. The lowest BCUT2D eigenvalue weighted by Crippen LogP contribution is -2.48. The van der Waals surface area contributed by atoms with Crippen LogP contribution in [0, 0.1) is 11.8 Å². The van der Waals surface area contributed by atoms with Crippen molar-refractivity contribution in [1.82, 2.24) is 5.32 Å². The lowest BCUT2D eigenvalue weighted by molar-refractivity contribution is -0.163. The fraction of sp³-hybridized carbons (Fsp3) is 0.471. The number of ether oxygens (including phenoxy) is 1. The number of esters is 2. The molecule has 0 bridgehead atoms. The number of hydrogen-bond donors (Lipinski definition) is 2. The van der Waals surface area contributed by atoms with E-state index in [1.165, 1.54) is 0 Å². The first-order valence-corrected chi connectivity index (χ1v) is 7.61. The van der Waals surface area contributed by atoms with E-state index in [2.05, 4.69) is 5.32 Å². The fourth-order valence-corrected chi connectivity index (χ4v) is 1.81. The molecule has 2 atom stereocenters. The number of carbonyl (C=O) groups is 3. The van der Waals surface area contributed by atoms with Crippen LogP contribution in [0.15, 0.2) is 30.3 Å². The predicted octanol–water partition coefficient (Wildman–Crippen LogP) is 1.49. The van der Waals surface area contributed by atoms with Gasteiger partial charge in [0.2, 0.25) is 0 Å². The van der Waals surface area contributed by atoms with Gasteiger partial charge in [0.1, 0.15) is 12.1 Å². The summed E-state index contributed by atoms with van der Waals surface area (Å²) in [6, 6.07) is 6.71. The third-order valence-corrected chi connectivity index (χ3v) is 3.43. The molecule has 0 unspecified atom stereocenters. The van der Waals surface area contributed by atoms with E-state index in [1.807, 2.05) is 0 Å². The van der Waals surface area contributed by atoms with Crippen molar-refractivity contribution < 1.29 is 19.1 Å². The molecule has 0 aliphatic carbocycles. The van der Waals surface area contributed by atoms with E-state index >= 15 is 0 Å². The molecule has 0 aromatic heterocycles. The summed E-state index contributed by atoms with van der Waals surface area (Å²) >= 11 is 0. The molecule has 0 saturated carbocycles. The van der Waals surface area contributed by atoms with E-state index in [0.29, 0.717) is 5.56 Å². The van der Waals surface area contributed by atoms with Gasteiger partial charge in [0.15, 0.2) is 0 Å². The van der Waals surface area contributed by atoms with Gasteiger partial charge in [0.25, 0.3) is 5.91 Å². The minimum absolute atomic E-state index is 0.147. The van der Waals surface area contributed by atoms with Crippen molar-refractivity contribution in [3.05, 3.63) is 35.9 Å². The van der Waals surface area contributed by atoms with Gasteiger partial charge in [-0.15, -0.1) is 0 Å². The van der Waals surface area contributed by atoms with Crippen LogP contribution in [0.25, 0.3) is 0 Å². The van der Waals surface area contributed by atoms with Crippen molar-refractivity contribution in [2.24, 2.45) is 17.6 Å². The number of rotatable bonds is 6. The van der Waals surface area contributed by atoms with Crippen LogP contribution in [0.1, 0.15) is 38.1 Å². The summed E-state index contributed by atoms with van der Waals surface area (Å²) in [7, 11) is 0. The molecule has 0 saturated heterocycles. The molecular formula is C17H24N2O4. The van der Waals surface area contributed by atoms with Gasteiger partial charge in [0, 0.05) is 5.56 Å². The van der Waals surface area contributed by atoms with Gasteiger partial charge in [-0.2, -0.15) is 0 Å². The van der Waals surface area contributed by atoms with Gasteiger partial charge in [0.05, 0.1) is 0 Å². The number of carbonyl (C=O) groups excluding carboxylic acids is 3. The predicted molar refractivity (Wildman–Crippen MR) is 86.4 cm³/mol. The van der Waals surface area contributed by atoms with Gasteiger partial charge < -0.3 is 15.8 Å². The van der Waals surface area contributed by atoms with Gasteiger partial charge in [-0.05, 0) is 24.0 Å². The zero-order chi connectivity index (χ0) is 17.6. The standard InChI is InChI=1S/C17H24N2O4/c1-10(2)13(18)16(21)23-17(22)14(11(3)4)19-15(20)12-8-6-5-7-9-12/h5-11,13-14H,18H2,1-4H3,(H,19,20)/t13-,14-/m0/s1. The van der Waals surface area contributed by atoms with Crippen LogP contribution in [0.4, 0.5) is 0 Å². The Morgan fingerprint density at radius 2 is 1.52 bits per heavy atom. The number of amides is 1. The summed E-state index contributed by atoms with van der Waals surface area (Å²) < 4.78 is 4.82. The van der Waals surface area contributed by atoms with Gasteiger partial charge in [-0.1, -0.05) is 45.9 Å². The quantitative estimate of drug-likeness (QED) is 0.611. The number of nitrogens with one attached hydrogen (secondary N) is 1. The van der Waals surface area contributed by atoms with Crippen molar-refractivity contribution in [1.29, 1.82) is 0 Å². The van der Waals surface area contributed by atoms with Crippen molar-refractivity contribution in [2.45, 2.75) is 39.8 Å². The summed E-state index contributed by atoms with van der Waals surface area (Å²) in [6.45, 7) is 7.02. The summed E-state index contributed by atoms with van der Waals surface area (Å²) in [4.78, 5) is 36.1. The van der Waals surface area contributed by atoms with Crippen LogP contribution < -0.4 is 11.1 Å². The van der Waals surface area contributed by atoms with Crippen molar-refractivity contribution in [3.8, 4) is 0 Å². The minimum Gasteiger partial charge on any atom is -0.390 e. The van der Waals surface area contributed by atoms with E-state index in [-0.39, 0.29) is 11.8 Å². The maximum absolute atomic E-state index is 12.2. The average Bonchev–Trinajstić information content (AvgIpc) is 2.51. The molecule has 1 rings (SSSR count). The molecule has 23 heavy (non-hydrogen) atoms. The maximum Gasteiger partial charge on any atom is 0.336 e. The highest BCUT2D eigenvalue weighted by atomic mass is 16.6. The first-order chi connectivity index (χ1) is 10.7. The Balaban J connectivity index is 2.76. The average molecular weight is 320 g/mol. The minimum atomic E-state index is -0.925. The van der Waals surface area contributed by atoms with E-state index in [4.69, 9.17) is 10.5 Å². The summed E-state index contributed by atoms with van der Waals surface area (Å²) in [6.07, 6.45) is 0. The lowest BCUT2D eigenvalue weighted by Gasteiger charge is -2.21. The SMILES string of the molecule is CC(C)[C@H](N)C(=O)OC(=O)[C@@H](NC(=O)c1ccccc1)C(C)C. The van der Waals surface area contributed by atoms with Crippen LogP contribution in [0.3, 0.4) is 0 Å². The first kappa shape index (κ1) is 18.8. The Hall–Kier alpha value is -2.21. The van der Waals surface area contributed by atoms with Crippen LogP contribution >= 0.6 is 0 Å². The summed E-state index contributed by atoms with van der Waals surface area (Å²) in [5, 5.41) is 2.60. The Bertz CT molecular complexity index is 555. The molecule has 0 aliphatic heterocycles. The molecule has 6 nitrogen and oxygen atoms in total. The fourth-order valence-electron chi connectivity index (χ4n) is 1.81. The van der Waals surface area contributed by atoms with E-state index in [9.17, 15) is 14.4 Å². The molecule has 0 spiro atoms.